The molecule has 0 aliphatic heterocycles. The van der Waals surface area contributed by atoms with Crippen molar-refractivity contribution in [1.82, 2.24) is 5.32 Å². The highest BCUT2D eigenvalue weighted by atomic mass is 19.1. The van der Waals surface area contributed by atoms with Crippen LogP contribution in [0.1, 0.15) is 27.2 Å². The molecule has 0 heterocycles. The molecule has 0 aliphatic rings. The van der Waals surface area contributed by atoms with Crippen molar-refractivity contribution >= 4 is 0 Å². The predicted octanol–water partition coefficient (Wildman–Crippen LogP) is 1.98. The van der Waals surface area contributed by atoms with Gasteiger partial charge in [0.1, 0.15) is 0 Å². The average Bonchev–Trinajstić information content (AvgIpc) is 1.88. The normalized spacial score (nSPS) is 11.7. The Morgan fingerprint density at radius 1 is 1.44 bits per heavy atom. The van der Waals surface area contributed by atoms with Gasteiger partial charge in [0.25, 0.3) is 0 Å². The van der Waals surface area contributed by atoms with Crippen LogP contribution in [-0.4, -0.2) is 19.8 Å². The molecule has 0 rings (SSSR count). The molecule has 0 aromatic heterocycles. The molecule has 58 valence electrons. The van der Waals surface area contributed by atoms with Crippen molar-refractivity contribution < 1.29 is 4.39 Å². The van der Waals surface area contributed by atoms with E-state index in [9.17, 15) is 4.39 Å². The van der Waals surface area contributed by atoms with Crippen LogP contribution in [0.2, 0.25) is 0 Å². The van der Waals surface area contributed by atoms with E-state index >= 15 is 0 Å². The van der Waals surface area contributed by atoms with Gasteiger partial charge in [-0.1, -0.05) is 13.8 Å². The third kappa shape index (κ3) is 18.1. The van der Waals surface area contributed by atoms with Gasteiger partial charge in [0.15, 0.2) is 0 Å². The van der Waals surface area contributed by atoms with Gasteiger partial charge in [-0.3, -0.25) is 0 Å². The minimum Gasteiger partial charge on any atom is -0.320 e. The highest BCUT2D eigenvalue weighted by Crippen LogP contribution is 1.91. The van der Waals surface area contributed by atoms with Gasteiger partial charge in [-0.05, 0) is 26.9 Å². The number of hydrogen-bond donors (Lipinski definition) is 1. The minimum atomic E-state index is -0.660. The van der Waals surface area contributed by atoms with Crippen molar-refractivity contribution in [3.05, 3.63) is 0 Å². The second-order valence-corrected chi connectivity index (χ2v) is 1.67. The van der Waals surface area contributed by atoms with Crippen molar-refractivity contribution in [3.63, 3.8) is 0 Å². The van der Waals surface area contributed by atoms with Crippen LogP contribution < -0.4 is 5.32 Å². The molecule has 0 aliphatic carbocycles. The van der Waals surface area contributed by atoms with E-state index in [0.29, 0.717) is 6.42 Å². The van der Waals surface area contributed by atoms with Gasteiger partial charge < -0.3 is 5.32 Å². The molecule has 0 aromatic rings. The molecule has 0 radical (unpaired) electrons. The highest BCUT2D eigenvalue weighted by molar-refractivity contribution is 4.47. The quantitative estimate of drug-likeness (QED) is 0.624. The zero-order valence-corrected chi connectivity index (χ0v) is 6.87. The molecule has 1 atom stereocenters. The zero-order chi connectivity index (χ0) is 7.70. The first-order chi connectivity index (χ1) is 4.27. The van der Waals surface area contributed by atoms with Gasteiger partial charge >= 0.3 is 0 Å². The van der Waals surface area contributed by atoms with E-state index in [4.69, 9.17) is 0 Å². The molecule has 2 heteroatoms. The van der Waals surface area contributed by atoms with Crippen molar-refractivity contribution in [3.8, 4) is 0 Å². The van der Waals surface area contributed by atoms with Gasteiger partial charge in [0, 0.05) is 0 Å². The topological polar surface area (TPSA) is 12.0 Å². The molecule has 1 N–H and O–H groups in total. The summed E-state index contributed by atoms with van der Waals surface area (Å²) in [5.41, 5.74) is 0. The predicted molar refractivity (Wildman–Crippen MR) is 40.5 cm³/mol. The zero-order valence-electron chi connectivity index (χ0n) is 6.87. The van der Waals surface area contributed by atoms with Crippen LogP contribution in [0.25, 0.3) is 0 Å². The van der Waals surface area contributed by atoms with E-state index in [1.807, 2.05) is 20.9 Å². The Bertz CT molecular complexity index is 37.9. The number of nitrogens with one attached hydrogen (secondary N) is 1. The maximum atomic E-state index is 11.8. The van der Waals surface area contributed by atoms with E-state index in [0.717, 1.165) is 6.54 Å². The fraction of sp³-hybridized carbons (Fsp3) is 1.00. The van der Waals surface area contributed by atoms with Crippen molar-refractivity contribution in [2.24, 2.45) is 0 Å². The monoisotopic (exact) mass is 135 g/mol. The molecule has 1 unspecified atom stereocenters. The number of alkyl halides is 1. The first kappa shape index (κ1) is 11.7. The molecule has 9 heavy (non-hydrogen) atoms. The van der Waals surface area contributed by atoms with E-state index in [1.165, 1.54) is 0 Å². The van der Waals surface area contributed by atoms with Crippen LogP contribution in [0.4, 0.5) is 4.39 Å². The summed E-state index contributed by atoms with van der Waals surface area (Å²) in [6, 6.07) is 0. The highest BCUT2D eigenvalue weighted by Gasteiger charge is 1.92. The molecule has 0 fully saturated rings. The molecule has 0 spiro atoms. The standard InChI is InChI=1S/C5H12FN.C2H6/c1-5(6)3-4-7-2;1-2/h5,7H,3-4H2,1-2H3;1-2H3. The molecule has 0 aromatic carbocycles. The summed E-state index contributed by atoms with van der Waals surface area (Å²) in [6.45, 7) is 6.34. The lowest BCUT2D eigenvalue weighted by atomic mass is 10.3. The summed E-state index contributed by atoms with van der Waals surface area (Å²) in [5, 5.41) is 2.86. The Kier molecular flexibility index (Phi) is 14.0. The van der Waals surface area contributed by atoms with Crippen molar-refractivity contribution in [1.29, 1.82) is 0 Å². The largest absolute Gasteiger partial charge is 0.320 e. The summed E-state index contributed by atoms with van der Waals surface area (Å²) in [7, 11) is 1.82. The van der Waals surface area contributed by atoms with Gasteiger partial charge in [0.2, 0.25) is 0 Å². The summed E-state index contributed by atoms with van der Waals surface area (Å²) in [5.74, 6) is 0. The number of rotatable bonds is 3. The SMILES string of the molecule is CC.CNCCC(C)F. The van der Waals surface area contributed by atoms with Crippen LogP contribution in [0, 0.1) is 0 Å². The third-order valence-electron chi connectivity index (χ3n) is 0.792. The van der Waals surface area contributed by atoms with Gasteiger partial charge in [0.05, 0.1) is 6.17 Å². The smallest absolute Gasteiger partial charge is 0.0985 e. The average molecular weight is 135 g/mol. The second kappa shape index (κ2) is 10.8. The van der Waals surface area contributed by atoms with Crippen LogP contribution in [0.3, 0.4) is 0 Å². The summed E-state index contributed by atoms with van der Waals surface area (Å²) in [4.78, 5) is 0. The Morgan fingerprint density at radius 2 is 1.89 bits per heavy atom. The van der Waals surface area contributed by atoms with E-state index < -0.39 is 6.17 Å². The maximum absolute atomic E-state index is 11.8. The van der Waals surface area contributed by atoms with Gasteiger partial charge in [-0.15, -0.1) is 0 Å². The molecular formula is C7H18FN. The van der Waals surface area contributed by atoms with E-state index in [2.05, 4.69) is 5.32 Å². The lowest BCUT2D eigenvalue weighted by molar-refractivity contribution is 0.339. The summed E-state index contributed by atoms with van der Waals surface area (Å²) >= 11 is 0. The Morgan fingerprint density at radius 3 is 2.00 bits per heavy atom. The Balaban J connectivity index is 0. The molecule has 0 saturated heterocycles. The number of hydrogen-bond acceptors (Lipinski definition) is 1. The van der Waals surface area contributed by atoms with E-state index in [-0.39, 0.29) is 0 Å². The first-order valence-corrected chi connectivity index (χ1v) is 3.56. The second-order valence-electron chi connectivity index (χ2n) is 1.67. The lowest BCUT2D eigenvalue weighted by Crippen LogP contribution is -2.11. The van der Waals surface area contributed by atoms with Gasteiger partial charge in [-0.2, -0.15) is 0 Å². The molecule has 0 saturated carbocycles. The van der Waals surface area contributed by atoms with Crippen LogP contribution in [-0.2, 0) is 0 Å². The van der Waals surface area contributed by atoms with Crippen molar-refractivity contribution in [2.75, 3.05) is 13.6 Å². The molecule has 0 bridgehead atoms. The Labute approximate surface area is 57.7 Å². The fourth-order valence-electron chi connectivity index (χ4n) is 0.343. The fourth-order valence-corrected chi connectivity index (χ4v) is 0.343. The molecule has 1 nitrogen and oxygen atoms in total. The van der Waals surface area contributed by atoms with Crippen LogP contribution in [0.5, 0.6) is 0 Å². The maximum Gasteiger partial charge on any atom is 0.0985 e. The lowest BCUT2D eigenvalue weighted by Gasteiger charge is -1.97. The summed E-state index contributed by atoms with van der Waals surface area (Å²) in [6.07, 6.45) is -0.0382. The van der Waals surface area contributed by atoms with Crippen LogP contribution >= 0.6 is 0 Å². The molecular weight excluding hydrogens is 117 g/mol. The van der Waals surface area contributed by atoms with E-state index in [1.54, 1.807) is 6.92 Å². The minimum absolute atomic E-state index is 0.622. The first-order valence-electron chi connectivity index (χ1n) is 3.56. The van der Waals surface area contributed by atoms with Crippen molar-refractivity contribution in [2.45, 2.75) is 33.4 Å². The summed E-state index contributed by atoms with van der Waals surface area (Å²) < 4.78 is 11.8. The van der Waals surface area contributed by atoms with Gasteiger partial charge in [-0.25, -0.2) is 4.39 Å². The van der Waals surface area contributed by atoms with Crippen LogP contribution in [0.15, 0.2) is 0 Å². The number of halogens is 1. The third-order valence-corrected chi connectivity index (χ3v) is 0.792. The Hall–Kier alpha value is -0.110. The molecule has 0 amide bonds.